The minimum absolute atomic E-state index is 0.0120. The normalized spacial score (nSPS) is 19.6. The van der Waals surface area contributed by atoms with Crippen molar-refractivity contribution in [1.82, 2.24) is 5.32 Å². The van der Waals surface area contributed by atoms with Gasteiger partial charge in [0, 0.05) is 42.4 Å². The second-order valence-corrected chi connectivity index (χ2v) is 8.73. The number of fused-ring (bicyclic) bond motifs is 1. The Morgan fingerprint density at radius 1 is 1.27 bits per heavy atom. The largest absolute Gasteiger partial charge is 0.497 e. The SMILES string of the molecule is COc1ccc2c(c1)OC(C)(C)C[C@H]2NC(=S)Nc1cccc(N2CCCC2=O)c1. The molecule has 1 amide bonds. The van der Waals surface area contributed by atoms with Crippen molar-refractivity contribution in [2.75, 3.05) is 23.9 Å². The Morgan fingerprint density at radius 3 is 2.83 bits per heavy atom. The van der Waals surface area contributed by atoms with Crippen LogP contribution in [0.5, 0.6) is 11.5 Å². The lowest BCUT2D eigenvalue weighted by atomic mass is 9.89. The van der Waals surface area contributed by atoms with Crippen LogP contribution in [0.3, 0.4) is 0 Å². The van der Waals surface area contributed by atoms with Crippen LogP contribution in [0.1, 0.15) is 44.7 Å². The van der Waals surface area contributed by atoms with Crippen LogP contribution in [-0.4, -0.2) is 30.3 Å². The van der Waals surface area contributed by atoms with E-state index >= 15 is 0 Å². The van der Waals surface area contributed by atoms with Crippen molar-refractivity contribution in [1.29, 1.82) is 0 Å². The Labute approximate surface area is 182 Å². The summed E-state index contributed by atoms with van der Waals surface area (Å²) in [6.07, 6.45) is 2.29. The van der Waals surface area contributed by atoms with E-state index in [4.69, 9.17) is 21.7 Å². The Bertz CT molecular complexity index is 976. The topological polar surface area (TPSA) is 62.8 Å². The van der Waals surface area contributed by atoms with E-state index < -0.39 is 0 Å². The summed E-state index contributed by atoms with van der Waals surface area (Å²) in [6.45, 7) is 4.90. The van der Waals surface area contributed by atoms with Crippen LogP contribution in [0.15, 0.2) is 42.5 Å². The lowest BCUT2D eigenvalue weighted by molar-refractivity contribution is -0.117. The molecule has 0 unspecified atom stereocenters. The van der Waals surface area contributed by atoms with E-state index in [1.807, 2.05) is 47.4 Å². The second kappa shape index (κ2) is 8.14. The highest BCUT2D eigenvalue weighted by Crippen LogP contribution is 2.41. The summed E-state index contributed by atoms with van der Waals surface area (Å²) >= 11 is 5.60. The number of hydrogen-bond donors (Lipinski definition) is 2. The van der Waals surface area contributed by atoms with Crippen molar-refractivity contribution >= 4 is 34.6 Å². The molecule has 1 saturated heterocycles. The van der Waals surface area contributed by atoms with Crippen LogP contribution in [0.2, 0.25) is 0 Å². The third-order valence-corrected chi connectivity index (χ3v) is 5.69. The molecule has 1 atom stereocenters. The third kappa shape index (κ3) is 4.36. The summed E-state index contributed by atoms with van der Waals surface area (Å²) in [4.78, 5) is 13.9. The van der Waals surface area contributed by atoms with Crippen molar-refractivity contribution in [2.45, 2.75) is 44.8 Å². The summed E-state index contributed by atoms with van der Waals surface area (Å²) in [6, 6.07) is 13.7. The Morgan fingerprint density at radius 2 is 2.10 bits per heavy atom. The smallest absolute Gasteiger partial charge is 0.227 e. The van der Waals surface area contributed by atoms with Gasteiger partial charge in [-0.25, -0.2) is 0 Å². The van der Waals surface area contributed by atoms with E-state index in [1.54, 1.807) is 7.11 Å². The van der Waals surface area contributed by atoms with E-state index in [2.05, 4.69) is 24.5 Å². The van der Waals surface area contributed by atoms with Gasteiger partial charge in [0.25, 0.3) is 0 Å². The van der Waals surface area contributed by atoms with Crippen LogP contribution >= 0.6 is 12.2 Å². The number of benzene rings is 2. The number of hydrogen-bond acceptors (Lipinski definition) is 4. The monoisotopic (exact) mass is 425 g/mol. The first-order chi connectivity index (χ1) is 14.3. The van der Waals surface area contributed by atoms with Crippen LogP contribution < -0.4 is 25.0 Å². The average Bonchev–Trinajstić information content (AvgIpc) is 3.12. The van der Waals surface area contributed by atoms with Crippen molar-refractivity contribution in [3.8, 4) is 11.5 Å². The summed E-state index contributed by atoms with van der Waals surface area (Å²) in [5.74, 6) is 1.74. The molecule has 1 fully saturated rings. The van der Waals surface area contributed by atoms with Gasteiger partial charge >= 0.3 is 0 Å². The van der Waals surface area contributed by atoms with Crippen molar-refractivity contribution in [2.24, 2.45) is 0 Å². The lowest BCUT2D eigenvalue weighted by Crippen LogP contribution is -2.42. The number of rotatable bonds is 4. The zero-order valence-corrected chi connectivity index (χ0v) is 18.3. The van der Waals surface area contributed by atoms with E-state index in [1.165, 1.54) is 0 Å². The van der Waals surface area contributed by atoms with Crippen molar-refractivity contribution in [3.05, 3.63) is 48.0 Å². The molecule has 0 aliphatic carbocycles. The third-order valence-electron chi connectivity index (χ3n) is 5.47. The molecule has 2 heterocycles. The first-order valence-electron chi connectivity index (χ1n) is 10.2. The number of ether oxygens (including phenoxy) is 2. The fourth-order valence-electron chi connectivity index (χ4n) is 4.09. The molecule has 2 aliphatic heterocycles. The van der Waals surface area contributed by atoms with Crippen molar-refractivity contribution < 1.29 is 14.3 Å². The maximum atomic E-state index is 12.0. The first-order valence-corrected chi connectivity index (χ1v) is 10.6. The highest BCUT2D eigenvalue weighted by Gasteiger charge is 2.34. The molecular formula is C23H27N3O3S. The highest BCUT2D eigenvalue weighted by molar-refractivity contribution is 7.80. The van der Waals surface area contributed by atoms with Crippen molar-refractivity contribution in [3.63, 3.8) is 0 Å². The zero-order chi connectivity index (χ0) is 21.3. The molecule has 30 heavy (non-hydrogen) atoms. The number of thiocarbonyl (C=S) groups is 1. The summed E-state index contributed by atoms with van der Waals surface area (Å²) in [5, 5.41) is 7.23. The van der Waals surface area contributed by atoms with Crippen LogP contribution in [0, 0.1) is 0 Å². The van der Waals surface area contributed by atoms with Crippen LogP contribution in [-0.2, 0) is 4.79 Å². The number of anilines is 2. The van der Waals surface area contributed by atoms with E-state index in [-0.39, 0.29) is 17.6 Å². The number of nitrogens with zero attached hydrogens (tertiary/aromatic N) is 1. The van der Waals surface area contributed by atoms with Gasteiger partial charge in [0.1, 0.15) is 17.1 Å². The molecular weight excluding hydrogens is 398 g/mol. The predicted octanol–water partition coefficient (Wildman–Crippen LogP) is 4.41. The van der Waals surface area contributed by atoms with E-state index in [0.717, 1.165) is 47.8 Å². The van der Waals surface area contributed by atoms with Gasteiger partial charge in [0.2, 0.25) is 5.91 Å². The van der Waals surface area contributed by atoms with Gasteiger partial charge in [-0.3, -0.25) is 4.79 Å². The molecule has 2 aromatic rings. The van der Waals surface area contributed by atoms with Gasteiger partial charge in [0.05, 0.1) is 13.2 Å². The molecule has 2 aliphatic rings. The molecule has 4 rings (SSSR count). The van der Waals surface area contributed by atoms with Gasteiger partial charge < -0.3 is 25.0 Å². The second-order valence-electron chi connectivity index (χ2n) is 8.32. The molecule has 6 nitrogen and oxygen atoms in total. The molecule has 0 spiro atoms. The number of methoxy groups -OCH3 is 1. The van der Waals surface area contributed by atoms with Crippen LogP contribution in [0.25, 0.3) is 0 Å². The van der Waals surface area contributed by atoms with Gasteiger partial charge in [0.15, 0.2) is 5.11 Å². The summed E-state index contributed by atoms with van der Waals surface area (Å²) in [7, 11) is 1.65. The lowest BCUT2D eigenvalue weighted by Gasteiger charge is -2.38. The quantitative estimate of drug-likeness (QED) is 0.708. The average molecular weight is 426 g/mol. The van der Waals surface area contributed by atoms with E-state index in [9.17, 15) is 4.79 Å². The molecule has 2 N–H and O–H groups in total. The highest BCUT2D eigenvalue weighted by atomic mass is 32.1. The Kier molecular flexibility index (Phi) is 5.56. The molecule has 0 aromatic heterocycles. The van der Waals surface area contributed by atoms with Gasteiger partial charge in [-0.1, -0.05) is 6.07 Å². The predicted molar refractivity (Wildman–Crippen MR) is 122 cm³/mol. The molecule has 158 valence electrons. The minimum atomic E-state index is -0.331. The molecule has 0 radical (unpaired) electrons. The number of amides is 1. The summed E-state index contributed by atoms with van der Waals surface area (Å²) in [5.41, 5.74) is 2.47. The minimum Gasteiger partial charge on any atom is -0.497 e. The number of carbonyl (C=O) groups is 1. The van der Waals surface area contributed by atoms with Gasteiger partial charge in [-0.15, -0.1) is 0 Å². The number of nitrogens with one attached hydrogen (secondary N) is 2. The molecule has 0 bridgehead atoms. The summed E-state index contributed by atoms with van der Waals surface area (Å²) < 4.78 is 11.5. The standard InChI is InChI=1S/C23H27N3O3S/c1-23(2)14-19(18-10-9-17(28-3)13-20(18)29-23)25-22(30)24-15-6-4-7-16(12-15)26-11-5-8-21(26)27/h4,6-7,9-10,12-13,19H,5,8,11,14H2,1-3H3,(H2,24,25,30)/t19-/m1/s1. The van der Waals surface area contributed by atoms with Gasteiger partial charge in [-0.05, 0) is 62.8 Å². The fourth-order valence-corrected chi connectivity index (χ4v) is 4.35. The molecule has 0 saturated carbocycles. The Balaban J connectivity index is 1.49. The van der Waals surface area contributed by atoms with E-state index in [0.29, 0.717) is 11.5 Å². The number of carbonyl (C=O) groups excluding carboxylic acids is 1. The first kappa shape index (κ1) is 20.5. The Hall–Kier alpha value is -2.80. The fraction of sp³-hybridized carbons (Fsp3) is 0.391. The maximum absolute atomic E-state index is 12.0. The zero-order valence-electron chi connectivity index (χ0n) is 17.5. The molecule has 2 aromatic carbocycles. The van der Waals surface area contributed by atoms with Gasteiger partial charge in [-0.2, -0.15) is 0 Å². The maximum Gasteiger partial charge on any atom is 0.227 e. The van der Waals surface area contributed by atoms with Crippen LogP contribution in [0.4, 0.5) is 11.4 Å². The molecule has 7 heteroatoms.